The first-order chi connectivity index (χ1) is 9.59. The average Bonchev–Trinajstić information content (AvgIpc) is 2.47. The highest BCUT2D eigenvalue weighted by Gasteiger charge is 2.30. The van der Waals surface area contributed by atoms with Crippen LogP contribution in [0.2, 0.25) is 0 Å². The third-order valence-corrected chi connectivity index (χ3v) is 6.16. The molecule has 2 aliphatic rings. The van der Waals surface area contributed by atoms with Gasteiger partial charge in [0, 0.05) is 32.7 Å². The molecule has 0 aromatic heterocycles. The zero-order chi connectivity index (χ0) is 14.2. The highest BCUT2D eigenvalue weighted by molar-refractivity contribution is 7.89. The van der Waals surface area contributed by atoms with Crippen molar-refractivity contribution >= 4 is 10.0 Å². The van der Waals surface area contributed by atoms with E-state index in [1.54, 1.807) is 10.4 Å². The van der Waals surface area contributed by atoms with Crippen LogP contribution in [0.5, 0.6) is 0 Å². The Morgan fingerprint density at radius 3 is 2.65 bits per heavy atom. The number of sulfonamides is 1. The lowest BCUT2D eigenvalue weighted by Gasteiger charge is -2.32. The van der Waals surface area contributed by atoms with Gasteiger partial charge in [-0.1, -0.05) is 12.1 Å². The molecular formula is C14H21N3O2S. The van der Waals surface area contributed by atoms with Crippen LogP contribution in [0, 0.1) is 0 Å². The second-order valence-corrected chi connectivity index (χ2v) is 7.43. The van der Waals surface area contributed by atoms with Gasteiger partial charge in [-0.25, -0.2) is 8.42 Å². The van der Waals surface area contributed by atoms with Crippen molar-refractivity contribution in [2.75, 3.05) is 39.8 Å². The lowest BCUT2D eigenvalue weighted by Crippen LogP contribution is -2.47. The third kappa shape index (κ3) is 2.48. The summed E-state index contributed by atoms with van der Waals surface area (Å²) in [7, 11) is -1.32. The van der Waals surface area contributed by atoms with Crippen LogP contribution in [0.25, 0.3) is 0 Å². The van der Waals surface area contributed by atoms with E-state index in [0.717, 1.165) is 43.7 Å². The molecule has 0 spiro atoms. The van der Waals surface area contributed by atoms with Gasteiger partial charge < -0.3 is 10.2 Å². The van der Waals surface area contributed by atoms with Gasteiger partial charge in [0.15, 0.2) is 0 Å². The summed E-state index contributed by atoms with van der Waals surface area (Å²) in [5.41, 5.74) is 2.12. The molecule has 0 radical (unpaired) electrons. The standard InChI is InChI=1S/C14H21N3O2S/c1-16-7-9-17(10-8-16)20(18,19)14-4-2-3-12-11-15-6-5-13(12)14/h2-4,15H,5-11H2,1H3. The van der Waals surface area contributed by atoms with Crippen LogP contribution in [-0.2, 0) is 23.0 Å². The second kappa shape index (κ2) is 5.44. The molecule has 3 rings (SSSR count). The zero-order valence-electron chi connectivity index (χ0n) is 11.8. The lowest BCUT2D eigenvalue weighted by atomic mass is 10.0. The molecule has 1 fully saturated rings. The molecule has 0 amide bonds. The second-order valence-electron chi connectivity index (χ2n) is 5.53. The van der Waals surface area contributed by atoms with Gasteiger partial charge in [-0.2, -0.15) is 4.31 Å². The first-order valence-electron chi connectivity index (χ1n) is 7.09. The average molecular weight is 295 g/mol. The summed E-state index contributed by atoms with van der Waals surface area (Å²) in [5, 5.41) is 3.29. The van der Waals surface area contributed by atoms with E-state index in [0.29, 0.717) is 18.0 Å². The minimum absolute atomic E-state index is 0.515. The van der Waals surface area contributed by atoms with Gasteiger partial charge in [0.2, 0.25) is 10.0 Å². The van der Waals surface area contributed by atoms with Gasteiger partial charge in [0.25, 0.3) is 0 Å². The number of likely N-dealkylation sites (N-methyl/N-ethyl adjacent to an activating group) is 1. The molecule has 0 aliphatic carbocycles. The van der Waals surface area contributed by atoms with Gasteiger partial charge in [-0.3, -0.25) is 0 Å². The summed E-state index contributed by atoms with van der Waals surface area (Å²) in [6.45, 7) is 4.39. The van der Waals surface area contributed by atoms with Crippen molar-refractivity contribution in [3.05, 3.63) is 29.3 Å². The molecule has 1 saturated heterocycles. The summed E-state index contributed by atoms with van der Waals surface area (Å²) in [6, 6.07) is 5.64. The fraction of sp³-hybridized carbons (Fsp3) is 0.571. The molecule has 110 valence electrons. The van der Waals surface area contributed by atoms with Crippen LogP contribution in [0.3, 0.4) is 0 Å². The van der Waals surface area contributed by atoms with Crippen LogP contribution in [0.1, 0.15) is 11.1 Å². The monoisotopic (exact) mass is 295 g/mol. The molecule has 1 N–H and O–H groups in total. The van der Waals surface area contributed by atoms with E-state index in [9.17, 15) is 8.42 Å². The van der Waals surface area contributed by atoms with E-state index < -0.39 is 10.0 Å². The van der Waals surface area contributed by atoms with Crippen molar-refractivity contribution in [2.45, 2.75) is 17.9 Å². The molecular weight excluding hydrogens is 274 g/mol. The Balaban J connectivity index is 1.95. The first kappa shape index (κ1) is 14.0. The van der Waals surface area contributed by atoms with E-state index in [1.165, 1.54) is 0 Å². The van der Waals surface area contributed by atoms with Gasteiger partial charge in [0.05, 0.1) is 4.90 Å². The van der Waals surface area contributed by atoms with Crippen LogP contribution in [0.4, 0.5) is 0 Å². The number of hydrogen-bond donors (Lipinski definition) is 1. The molecule has 0 saturated carbocycles. The van der Waals surface area contributed by atoms with Crippen LogP contribution in [-0.4, -0.2) is 57.4 Å². The molecule has 2 aliphatic heterocycles. The predicted molar refractivity (Wildman–Crippen MR) is 78.1 cm³/mol. The Labute approximate surface area is 120 Å². The largest absolute Gasteiger partial charge is 0.312 e. The fourth-order valence-corrected chi connectivity index (χ4v) is 4.62. The van der Waals surface area contributed by atoms with Crippen LogP contribution < -0.4 is 5.32 Å². The topological polar surface area (TPSA) is 52.7 Å². The summed E-state index contributed by atoms with van der Waals surface area (Å²) in [5.74, 6) is 0. The molecule has 0 unspecified atom stereocenters. The molecule has 1 aromatic rings. The molecule has 0 bridgehead atoms. The fourth-order valence-electron chi connectivity index (χ4n) is 2.91. The Kier molecular flexibility index (Phi) is 3.81. The van der Waals surface area contributed by atoms with E-state index in [1.807, 2.05) is 19.2 Å². The third-order valence-electron chi connectivity index (χ3n) is 4.18. The molecule has 5 nitrogen and oxygen atoms in total. The van der Waals surface area contributed by atoms with Crippen molar-refractivity contribution < 1.29 is 8.42 Å². The smallest absolute Gasteiger partial charge is 0.243 e. The van der Waals surface area contributed by atoms with E-state index in [2.05, 4.69) is 10.2 Å². The number of benzene rings is 1. The minimum Gasteiger partial charge on any atom is -0.312 e. The number of hydrogen-bond acceptors (Lipinski definition) is 4. The van der Waals surface area contributed by atoms with Crippen LogP contribution in [0.15, 0.2) is 23.1 Å². The molecule has 20 heavy (non-hydrogen) atoms. The molecule has 1 aromatic carbocycles. The van der Waals surface area contributed by atoms with E-state index in [4.69, 9.17) is 0 Å². The van der Waals surface area contributed by atoms with Crippen molar-refractivity contribution in [1.29, 1.82) is 0 Å². The minimum atomic E-state index is -3.35. The van der Waals surface area contributed by atoms with Gasteiger partial charge in [-0.15, -0.1) is 0 Å². The van der Waals surface area contributed by atoms with Gasteiger partial charge in [-0.05, 0) is 37.2 Å². The Morgan fingerprint density at radius 1 is 1.15 bits per heavy atom. The number of rotatable bonds is 2. The Morgan fingerprint density at radius 2 is 1.90 bits per heavy atom. The maximum absolute atomic E-state index is 12.9. The quantitative estimate of drug-likeness (QED) is 0.851. The predicted octanol–water partition coefficient (Wildman–Crippen LogP) is 0.268. The molecule has 6 heteroatoms. The summed E-state index contributed by atoms with van der Waals surface area (Å²) in [4.78, 5) is 2.68. The van der Waals surface area contributed by atoms with Crippen LogP contribution >= 0.6 is 0 Å². The van der Waals surface area contributed by atoms with Crippen molar-refractivity contribution in [3.8, 4) is 0 Å². The van der Waals surface area contributed by atoms with Crippen molar-refractivity contribution in [3.63, 3.8) is 0 Å². The van der Waals surface area contributed by atoms with Crippen molar-refractivity contribution in [2.24, 2.45) is 0 Å². The Bertz CT molecular complexity index is 592. The number of fused-ring (bicyclic) bond motifs is 1. The summed E-state index contributed by atoms with van der Waals surface area (Å²) in [6.07, 6.45) is 0.790. The normalized spacial score (nSPS) is 21.6. The Hall–Kier alpha value is -0.950. The summed E-state index contributed by atoms with van der Waals surface area (Å²) < 4.78 is 27.3. The van der Waals surface area contributed by atoms with E-state index in [-0.39, 0.29) is 0 Å². The van der Waals surface area contributed by atoms with Gasteiger partial charge >= 0.3 is 0 Å². The SMILES string of the molecule is CN1CCN(S(=O)(=O)c2cccc3c2CCNC3)CC1. The molecule has 0 atom stereocenters. The zero-order valence-corrected chi connectivity index (χ0v) is 12.6. The highest BCUT2D eigenvalue weighted by Crippen LogP contribution is 2.26. The highest BCUT2D eigenvalue weighted by atomic mass is 32.2. The number of nitrogens with one attached hydrogen (secondary N) is 1. The maximum Gasteiger partial charge on any atom is 0.243 e. The van der Waals surface area contributed by atoms with Gasteiger partial charge in [0.1, 0.15) is 0 Å². The first-order valence-corrected chi connectivity index (χ1v) is 8.53. The number of nitrogens with zero attached hydrogens (tertiary/aromatic N) is 2. The van der Waals surface area contributed by atoms with E-state index >= 15 is 0 Å². The van der Waals surface area contributed by atoms with Crippen molar-refractivity contribution in [1.82, 2.24) is 14.5 Å². The lowest BCUT2D eigenvalue weighted by molar-refractivity contribution is 0.222. The maximum atomic E-state index is 12.9. The summed E-state index contributed by atoms with van der Waals surface area (Å²) >= 11 is 0. The number of piperazine rings is 1. The molecule has 2 heterocycles.